The number of hydrogen-bond acceptors (Lipinski definition) is 4. The molecule has 0 radical (unpaired) electrons. The van der Waals surface area contributed by atoms with E-state index in [2.05, 4.69) is 4.98 Å². The fourth-order valence-electron chi connectivity index (χ4n) is 3.14. The van der Waals surface area contributed by atoms with Gasteiger partial charge in [-0.15, -0.1) is 0 Å². The Hall–Kier alpha value is -3.66. The van der Waals surface area contributed by atoms with Gasteiger partial charge < -0.3 is 9.84 Å². The summed E-state index contributed by atoms with van der Waals surface area (Å²) in [6.45, 7) is 1.77. The highest BCUT2D eigenvalue weighted by Gasteiger charge is 2.10. The predicted molar refractivity (Wildman–Crippen MR) is 112 cm³/mol. The van der Waals surface area contributed by atoms with Gasteiger partial charge in [0.25, 0.3) is 0 Å². The summed E-state index contributed by atoms with van der Waals surface area (Å²) in [5.74, 6) is 0.389. The molecule has 1 N–H and O–H groups in total. The van der Waals surface area contributed by atoms with Crippen LogP contribution in [-0.2, 0) is 4.79 Å². The highest BCUT2D eigenvalue weighted by atomic mass is 16.5. The topological polar surface area (TPSA) is 59.4 Å². The Balaban J connectivity index is 1.80. The number of aromatic nitrogens is 1. The molecule has 0 aliphatic rings. The van der Waals surface area contributed by atoms with E-state index in [-0.39, 0.29) is 11.7 Å². The van der Waals surface area contributed by atoms with Crippen molar-refractivity contribution < 1.29 is 14.6 Å². The molecule has 0 saturated carbocycles. The largest absolute Gasteiger partial charge is 0.506 e. The van der Waals surface area contributed by atoms with E-state index in [0.29, 0.717) is 23.4 Å². The van der Waals surface area contributed by atoms with Gasteiger partial charge in [-0.2, -0.15) is 0 Å². The quantitative estimate of drug-likeness (QED) is 0.377. The Morgan fingerprint density at radius 1 is 0.964 bits per heavy atom. The van der Waals surface area contributed by atoms with Gasteiger partial charge in [0.05, 0.1) is 5.69 Å². The summed E-state index contributed by atoms with van der Waals surface area (Å²) in [5, 5.41) is 13.0. The first kappa shape index (κ1) is 17.7. The monoisotopic (exact) mass is 369 g/mol. The Kier molecular flexibility index (Phi) is 4.77. The van der Waals surface area contributed by atoms with Crippen molar-refractivity contribution in [3.8, 4) is 11.5 Å². The number of para-hydroxylation sites is 1. The van der Waals surface area contributed by atoms with Gasteiger partial charge in [-0.3, -0.25) is 4.79 Å². The van der Waals surface area contributed by atoms with Crippen molar-refractivity contribution in [3.05, 3.63) is 78.0 Å². The van der Waals surface area contributed by atoms with Gasteiger partial charge >= 0.3 is 5.97 Å². The molecule has 0 spiro atoms. The van der Waals surface area contributed by atoms with Gasteiger partial charge in [0.15, 0.2) is 0 Å². The fraction of sp³-hybridized carbons (Fsp3) is 0.0833. The summed E-state index contributed by atoms with van der Waals surface area (Å²) in [5.41, 5.74) is 2.08. The lowest BCUT2D eigenvalue weighted by Gasteiger charge is -2.10. The molecule has 0 aliphatic heterocycles. The van der Waals surface area contributed by atoms with Crippen LogP contribution in [-0.4, -0.2) is 16.1 Å². The zero-order valence-electron chi connectivity index (χ0n) is 15.4. The second-order valence-electron chi connectivity index (χ2n) is 6.44. The number of hydrogen-bond donors (Lipinski definition) is 1. The zero-order chi connectivity index (χ0) is 19.5. The summed E-state index contributed by atoms with van der Waals surface area (Å²) in [6, 6.07) is 20.8. The summed E-state index contributed by atoms with van der Waals surface area (Å²) in [6.07, 6.45) is 4.06. The molecule has 0 unspecified atom stereocenters. The molecule has 28 heavy (non-hydrogen) atoms. The van der Waals surface area contributed by atoms with Crippen LogP contribution in [0.3, 0.4) is 0 Å². The smallest absolute Gasteiger partial charge is 0.310 e. The highest BCUT2D eigenvalue weighted by Crippen LogP contribution is 2.30. The van der Waals surface area contributed by atoms with E-state index in [9.17, 15) is 9.90 Å². The number of phenolic OH excluding ortho intramolecular Hbond substituents is 1. The van der Waals surface area contributed by atoms with Crippen LogP contribution in [0, 0.1) is 0 Å². The van der Waals surface area contributed by atoms with Gasteiger partial charge in [-0.25, -0.2) is 4.98 Å². The van der Waals surface area contributed by atoms with Gasteiger partial charge in [0, 0.05) is 17.4 Å². The maximum atomic E-state index is 11.8. The first-order valence-corrected chi connectivity index (χ1v) is 9.15. The van der Waals surface area contributed by atoms with Crippen molar-refractivity contribution >= 4 is 39.8 Å². The summed E-state index contributed by atoms with van der Waals surface area (Å²) in [4.78, 5) is 16.4. The third-order valence-electron chi connectivity index (χ3n) is 4.58. The van der Waals surface area contributed by atoms with Gasteiger partial charge in [-0.1, -0.05) is 55.5 Å². The minimum atomic E-state index is -0.279. The number of aromatic hydroxyl groups is 1. The number of rotatable bonds is 4. The summed E-state index contributed by atoms with van der Waals surface area (Å²) in [7, 11) is 0. The van der Waals surface area contributed by atoms with Crippen molar-refractivity contribution in [1.82, 2.24) is 4.98 Å². The van der Waals surface area contributed by atoms with Crippen LogP contribution in [0.15, 0.2) is 66.7 Å². The summed E-state index contributed by atoms with van der Waals surface area (Å²) >= 11 is 0. The minimum absolute atomic E-state index is 0.149. The normalized spacial score (nSPS) is 11.3. The molecule has 0 aliphatic carbocycles. The molecule has 1 aromatic heterocycles. The van der Waals surface area contributed by atoms with Gasteiger partial charge in [0.1, 0.15) is 17.0 Å². The lowest BCUT2D eigenvalue weighted by Crippen LogP contribution is -2.06. The molecular weight excluding hydrogens is 350 g/mol. The van der Waals surface area contributed by atoms with Crippen molar-refractivity contribution in [1.29, 1.82) is 0 Å². The molecule has 1 heterocycles. The van der Waals surface area contributed by atoms with Crippen LogP contribution >= 0.6 is 0 Å². The van der Waals surface area contributed by atoms with E-state index in [4.69, 9.17) is 4.74 Å². The van der Waals surface area contributed by atoms with Crippen LogP contribution in [0.5, 0.6) is 11.5 Å². The van der Waals surface area contributed by atoms with Gasteiger partial charge in [-0.05, 0) is 41.1 Å². The number of carbonyl (C=O) groups is 1. The average Bonchev–Trinajstić information content (AvgIpc) is 2.73. The molecule has 138 valence electrons. The average molecular weight is 369 g/mol. The van der Waals surface area contributed by atoms with E-state index < -0.39 is 0 Å². The van der Waals surface area contributed by atoms with E-state index >= 15 is 0 Å². The number of ether oxygens (including phenoxy) is 1. The highest BCUT2D eigenvalue weighted by molar-refractivity contribution is 5.96. The molecular formula is C24H19NO3. The van der Waals surface area contributed by atoms with Crippen molar-refractivity contribution in [2.75, 3.05) is 0 Å². The van der Waals surface area contributed by atoms with Crippen molar-refractivity contribution in [2.45, 2.75) is 13.3 Å². The Bertz CT molecular complexity index is 1210. The van der Waals surface area contributed by atoms with Crippen LogP contribution in [0.25, 0.3) is 33.8 Å². The molecule has 4 rings (SSSR count). The third kappa shape index (κ3) is 3.45. The lowest BCUT2D eigenvalue weighted by molar-refractivity contribution is -0.134. The Morgan fingerprint density at radius 3 is 2.61 bits per heavy atom. The number of benzene rings is 3. The number of fused-ring (bicyclic) bond motifs is 2. The molecule has 0 atom stereocenters. The van der Waals surface area contributed by atoms with Crippen LogP contribution in [0.1, 0.15) is 24.6 Å². The standard InChI is InChI=1S/C24H19NO3/c1-2-23(27)28-22-15-11-16-6-3-4-8-19(16)20(22)14-13-18-12-10-17-7-5-9-21(26)24(17)25-18/h3-15,26H,2H2,1H3. The van der Waals surface area contributed by atoms with Crippen LogP contribution in [0.4, 0.5) is 0 Å². The minimum Gasteiger partial charge on any atom is -0.506 e. The number of carbonyl (C=O) groups excluding carboxylic acids is 1. The number of esters is 1. The number of nitrogens with zero attached hydrogens (tertiary/aromatic N) is 1. The van der Waals surface area contributed by atoms with E-state index in [1.165, 1.54) is 0 Å². The number of pyridine rings is 1. The Labute approximate surface area is 162 Å². The SMILES string of the molecule is CCC(=O)Oc1ccc2ccccc2c1C=Cc1ccc2cccc(O)c2n1. The van der Waals surface area contributed by atoms with Gasteiger partial charge in [0.2, 0.25) is 0 Å². The summed E-state index contributed by atoms with van der Waals surface area (Å²) < 4.78 is 5.53. The molecule has 0 saturated heterocycles. The lowest BCUT2D eigenvalue weighted by atomic mass is 10.0. The fourth-order valence-corrected chi connectivity index (χ4v) is 3.14. The van der Waals surface area contributed by atoms with Crippen molar-refractivity contribution in [3.63, 3.8) is 0 Å². The molecule has 3 aromatic carbocycles. The maximum Gasteiger partial charge on any atom is 0.310 e. The molecule has 4 nitrogen and oxygen atoms in total. The molecule has 4 aromatic rings. The maximum absolute atomic E-state index is 11.8. The molecule has 0 bridgehead atoms. The second-order valence-corrected chi connectivity index (χ2v) is 6.44. The van der Waals surface area contributed by atoms with Crippen molar-refractivity contribution in [2.24, 2.45) is 0 Å². The van der Waals surface area contributed by atoms with Crippen LogP contribution < -0.4 is 4.74 Å². The third-order valence-corrected chi connectivity index (χ3v) is 4.58. The second kappa shape index (κ2) is 7.53. The van der Waals surface area contributed by atoms with Crippen LogP contribution in [0.2, 0.25) is 0 Å². The predicted octanol–water partition coefficient (Wildman–Crippen LogP) is 5.58. The molecule has 0 fully saturated rings. The van der Waals surface area contributed by atoms with E-state index in [1.54, 1.807) is 19.1 Å². The number of phenols is 1. The first-order chi connectivity index (χ1) is 13.7. The Morgan fingerprint density at radius 2 is 1.75 bits per heavy atom. The first-order valence-electron chi connectivity index (χ1n) is 9.15. The molecule has 4 heteroatoms. The van der Waals surface area contributed by atoms with E-state index in [0.717, 1.165) is 21.7 Å². The zero-order valence-corrected chi connectivity index (χ0v) is 15.4. The molecule has 0 amide bonds. The van der Waals surface area contributed by atoms with E-state index in [1.807, 2.05) is 66.7 Å².